The van der Waals surface area contributed by atoms with E-state index in [2.05, 4.69) is 21.4 Å². The second-order valence-corrected chi connectivity index (χ2v) is 7.49. The van der Waals surface area contributed by atoms with Crippen molar-refractivity contribution in [1.82, 2.24) is 5.43 Å². The molecule has 4 nitrogen and oxygen atoms in total. The highest BCUT2D eigenvalue weighted by molar-refractivity contribution is 6.01. The Morgan fingerprint density at radius 2 is 1.21 bits per heavy atom. The Bertz CT molecular complexity index is 1160. The number of benzene rings is 4. The molecule has 0 aliphatic rings. The number of para-hydroxylation sites is 2. The molecule has 6 heteroatoms. The molecule has 0 saturated heterocycles. The molecule has 0 spiro atoms. The smallest absolute Gasteiger partial charge is 0.123 e. The van der Waals surface area contributed by atoms with Crippen LogP contribution in [0.5, 0.6) is 0 Å². The third-order valence-corrected chi connectivity index (χ3v) is 5.11. The lowest BCUT2D eigenvalue weighted by molar-refractivity contribution is 0.600. The van der Waals surface area contributed by atoms with Crippen molar-refractivity contribution in [2.75, 3.05) is 10.9 Å². The van der Waals surface area contributed by atoms with Gasteiger partial charge in [-0.2, -0.15) is 5.10 Å². The Balaban J connectivity index is 1.63. The number of anilines is 2. The fraction of sp³-hybridized carbons (Fsp3) is 0.0741. The first-order chi connectivity index (χ1) is 16.2. The highest BCUT2D eigenvalue weighted by Crippen LogP contribution is 2.22. The van der Waals surface area contributed by atoms with Crippen molar-refractivity contribution >= 4 is 17.1 Å². The number of hydrazone groups is 1. The molecule has 0 aliphatic carbocycles. The Morgan fingerprint density at radius 1 is 0.667 bits per heavy atom. The zero-order valence-electron chi connectivity index (χ0n) is 17.9. The average Bonchev–Trinajstić information content (AvgIpc) is 2.86. The SMILES string of the molecule is Fc1ccc(/C(CC(NNc2ccccc2)c2ccc(F)cc2)=N/Nc2ccccc2)cc1. The molecule has 33 heavy (non-hydrogen) atoms. The predicted octanol–water partition coefficient (Wildman–Crippen LogP) is 6.53. The van der Waals surface area contributed by atoms with Crippen LogP contribution < -0.4 is 16.3 Å². The summed E-state index contributed by atoms with van der Waals surface area (Å²) in [5.41, 5.74) is 13.8. The van der Waals surface area contributed by atoms with E-state index in [0.717, 1.165) is 28.2 Å². The first-order valence-electron chi connectivity index (χ1n) is 10.6. The van der Waals surface area contributed by atoms with Crippen molar-refractivity contribution in [2.24, 2.45) is 5.10 Å². The molecule has 3 N–H and O–H groups in total. The zero-order chi connectivity index (χ0) is 22.9. The van der Waals surface area contributed by atoms with Crippen LogP contribution in [0.3, 0.4) is 0 Å². The van der Waals surface area contributed by atoms with E-state index in [9.17, 15) is 8.78 Å². The van der Waals surface area contributed by atoms with E-state index in [4.69, 9.17) is 0 Å². The largest absolute Gasteiger partial charge is 0.321 e. The van der Waals surface area contributed by atoms with E-state index in [0.29, 0.717) is 6.42 Å². The minimum absolute atomic E-state index is 0.243. The molecular weight excluding hydrogens is 418 g/mol. The highest BCUT2D eigenvalue weighted by Gasteiger charge is 2.17. The number of rotatable bonds is 9. The summed E-state index contributed by atoms with van der Waals surface area (Å²) in [5.74, 6) is -0.611. The number of hydrogen-bond acceptors (Lipinski definition) is 4. The highest BCUT2D eigenvalue weighted by atomic mass is 19.1. The topological polar surface area (TPSA) is 48.5 Å². The van der Waals surface area contributed by atoms with Gasteiger partial charge in [0.25, 0.3) is 0 Å². The van der Waals surface area contributed by atoms with Gasteiger partial charge < -0.3 is 5.43 Å². The van der Waals surface area contributed by atoms with Crippen molar-refractivity contribution in [3.8, 4) is 0 Å². The van der Waals surface area contributed by atoms with Gasteiger partial charge in [-0.25, -0.2) is 14.2 Å². The van der Waals surface area contributed by atoms with Gasteiger partial charge in [0.1, 0.15) is 11.6 Å². The lowest BCUT2D eigenvalue weighted by Crippen LogP contribution is -2.29. The standard InChI is InChI=1S/C27H24F2N4/c28-22-15-11-20(12-16-22)26(32-30-24-7-3-1-4-8-24)19-27(21-13-17-23(29)18-14-21)33-31-25-9-5-2-6-10-25/h1-18,26,30-32H,19H2/b33-27+. The van der Waals surface area contributed by atoms with Crippen LogP contribution in [-0.2, 0) is 0 Å². The summed E-state index contributed by atoms with van der Waals surface area (Å²) in [6.07, 6.45) is 0.455. The molecule has 0 radical (unpaired) electrons. The summed E-state index contributed by atoms with van der Waals surface area (Å²) < 4.78 is 27.1. The van der Waals surface area contributed by atoms with E-state index in [1.807, 2.05) is 60.7 Å². The molecule has 0 aliphatic heterocycles. The van der Waals surface area contributed by atoms with Gasteiger partial charge in [0, 0.05) is 12.1 Å². The minimum Gasteiger partial charge on any atom is -0.321 e. The van der Waals surface area contributed by atoms with Gasteiger partial charge in [0.05, 0.1) is 17.4 Å². The van der Waals surface area contributed by atoms with Gasteiger partial charge in [-0.15, -0.1) is 0 Å². The Morgan fingerprint density at radius 3 is 1.82 bits per heavy atom. The summed E-state index contributed by atoms with van der Waals surface area (Å²) in [6, 6.07) is 31.6. The molecule has 4 aromatic carbocycles. The molecule has 166 valence electrons. The van der Waals surface area contributed by atoms with Crippen molar-refractivity contribution in [3.63, 3.8) is 0 Å². The van der Waals surface area contributed by atoms with E-state index in [-0.39, 0.29) is 17.7 Å². The second-order valence-electron chi connectivity index (χ2n) is 7.49. The van der Waals surface area contributed by atoms with Crippen LogP contribution in [0.2, 0.25) is 0 Å². The quantitative estimate of drug-likeness (QED) is 0.204. The Hall–Kier alpha value is -4.03. The summed E-state index contributed by atoms with van der Waals surface area (Å²) >= 11 is 0. The molecule has 1 unspecified atom stereocenters. The Labute approximate surface area is 192 Å². The average molecular weight is 443 g/mol. The van der Waals surface area contributed by atoms with Gasteiger partial charge in [0.15, 0.2) is 0 Å². The molecule has 0 amide bonds. The van der Waals surface area contributed by atoms with Gasteiger partial charge >= 0.3 is 0 Å². The number of nitrogens with one attached hydrogen (secondary N) is 3. The van der Waals surface area contributed by atoms with Crippen LogP contribution in [0.1, 0.15) is 23.6 Å². The number of hydrogen-bond donors (Lipinski definition) is 3. The monoisotopic (exact) mass is 442 g/mol. The van der Waals surface area contributed by atoms with Crippen LogP contribution in [0.4, 0.5) is 20.2 Å². The van der Waals surface area contributed by atoms with Gasteiger partial charge in [-0.3, -0.25) is 5.43 Å². The van der Waals surface area contributed by atoms with E-state index in [1.54, 1.807) is 24.3 Å². The number of hydrazine groups is 1. The molecule has 1 atom stereocenters. The second kappa shape index (κ2) is 11.0. The van der Waals surface area contributed by atoms with Crippen LogP contribution in [0.15, 0.2) is 114 Å². The van der Waals surface area contributed by atoms with Crippen LogP contribution >= 0.6 is 0 Å². The third-order valence-electron chi connectivity index (χ3n) is 5.11. The fourth-order valence-electron chi connectivity index (χ4n) is 3.35. The summed E-state index contributed by atoms with van der Waals surface area (Å²) in [4.78, 5) is 0. The lowest BCUT2D eigenvalue weighted by Gasteiger charge is -2.22. The fourth-order valence-corrected chi connectivity index (χ4v) is 3.35. The molecule has 4 rings (SSSR count). The van der Waals surface area contributed by atoms with Crippen molar-refractivity contribution in [3.05, 3.63) is 132 Å². The van der Waals surface area contributed by atoms with E-state index in [1.165, 1.54) is 24.3 Å². The minimum atomic E-state index is -0.312. The Kier molecular flexibility index (Phi) is 7.40. The van der Waals surface area contributed by atoms with E-state index < -0.39 is 0 Å². The van der Waals surface area contributed by atoms with Gasteiger partial charge in [-0.05, 0) is 59.7 Å². The van der Waals surface area contributed by atoms with Crippen molar-refractivity contribution < 1.29 is 8.78 Å². The normalized spacial score (nSPS) is 12.2. The first kappa shape index (κ1) is 22.2. The van der Waals surface area contributed by atoms with Crippen LogP contribution in [-0.4, -0.2) is 5.71 Å². The molecule has 4 aromatic rings. The molecular formula is C27H24F2N4. The van der Waals surface area contributed by atoms with Gasteiger partial charge in [-0.1, -0.05) is 60.7 Å². The molecule has 0 bridgehead atoms. The van der Waals surface area contributed by atoms with Crippen molar-refractivity contribution in [1.29, 1.82) is 0 Å². The molecule has 0 saturated carbocycles. The summed E-state index contributed by atoms with van der Waals surface area (Å²) in [7, 11) is 0. The van der Waals surface area contributed by atoms with Crippen molar-refractivity contribution in [2.45, 2.75) is 12.5 Å². The zero-order valence-corrected chi connectivity index (χ0v) is 17.9. The molecule has 0 fully saturated rings. The summed E-state index contributed by atoms with van der Waals surface area (Å²) in [6.45, 7) is 0. The predicted molar refractivity (Wildman–Crippen MR) is 130 cm³/mol. The van der Waals surface area contributed by atoms with E-state index >= 15 is 0 Å². The molecule has 0 heterocycles. The van der Waals surface area contributed by atoms with Gasteiger partial charge in [0.2, 0.25) is 0 Å². The maximum absolute atomic E-state index is 13.6. The number of nitrogens with zero attached hydrogens (tertiary/aromatic N) is 1. The molecule has 0 aromatic heterocycles. The lowest BCUT2D eigenvalue weighted by atomic mass is 9.97. The summed E-state index contributed by atoms with van der Waals surface area (Å²) in [5, 5.41) is 4.63. The third kappa shape index (κ3) is 6.48. The van der Waals surface area contributed by atoms with Crippen LogP contribution in [0, 0.1) is 11.6 Å². The first-order valence-corrected chi connectivity index (χ1v) is 10.6. The number of halogens is 2. The van der Waals surface area contributed by atoms with Crippen LogP contribution in [0.25, 0.3) is 0 Å². The maximum atomic E-state index is 13.6. The maximum Gasteiger partial charge on any atom is 0.123 e.